The quantitative estimate of drug-likeness (QED) is 0.167. The number of thiophene rings is 1. The highest BCUT2D eigenvalue weighted by Gasteiger charge is 2.55. The van der Waals surface area contributed by atoms with Crippen LogP contribution in [0, 0.1) is 0 Å². The van der Waals surface area contributed by atoms with Crippen molar-refractivity contribution in [1.82, 2.24) is 0 Å². The van der Waals surface area contributed by atoms with E-state index in [-0.39, 0.29) is 0 Å². The van der Waals surface area contributed by atoms with E-state index in [0.29, 0.717) is 0 Å². The molecule has 0 saturated heterocycles. The Hall–Kier alpha value is -7.66. The lowest BCUT2D eigenvalue weighted by Crippen LogP contribution is -2.26. The van der Waals surface area contributed by atoms with Crippen molar-refractivity contribution in [2.75, 3.05) is 9.80 Å². The first-order chi connectivity index (χ1) is 30.3. The maximum absolute atomic E-state index is 6.99. The Kier molecular flexibility index (Phi) is 7.39. The summed E-state index contributed by atoms with van der Waals surface area (Å²) in [5, 5.41) is 3.70. The summed E-state index contributed by atoms with van der Waals surface area (Å²) in [6, 6.07) is 79.6. The van der Waals surface area contributed by atoms with Crippen molar-refractivity contribution in [2.45, 2.75) is 5.41 Å². The average molecular weight is 797 g/mol. The molecule has 3 nitrogen and oxygen atoms in total. The second kappa shape index (κ2) is 13.2. The number of furan rings is 1. The molecule has 2 aromatic heterocycles. The normalized spacial score (nSPS) is 14.6. The highest BCUT2D eigenvalue weighted by molar-refractivity contribution is 7.25. The molecule has 1 unspecified atom stereocenters. The molecule has 1 atom stereocenters. The molecule has 0 bridgehead atoms. The minimum Gasteiger partial charge on any atom is -0.456 e. The summed E-state index contributed by atoms with van der Waals surface area (Å²) in [4.78, 5) is 4.83. The number of nitrogens with zero attached hydrogens (tertiary/aromatic N) is 2. The zero-order valence-electron chi connectivity index (χ0n) is 33.0. The van der Waals surface area contributed by atoms with Crippen molar-refractivity contribution in [3.63, 3.8) is 0 Å². The van der Waals surface area contributed by atoms with Crippen LogP contribution < -0.4 is 9.80 Å². The van der Waals surface area contributed by atoms with Crippen molar-refractivity contribution in [1.29, 1.82) is 0 Å². The molecule has 1 spiro atoms. The van der Waals surface area contributed by atoms with Gasteiger partial charge in [0.2, 0.25) is 0 Å². The number of fused-ring (bicyclic) bond motifs is 15. The monoisotopic (exact) mass is 796 g/mol. The number of benzene rings is 9. The van der Waals surface area contributed by atoms with Gasteiger partial charge in [-0.15, -0.1) is 11.3 Å². The van der Waals surface area contributed by atoms with Crippen LogP contribution >= 0.6 is 11.3 Å². The van der Waals surface area contributed by atoms with Crippen molar-refractivity contribution in [2.24, 2.45) is 0 Å². The largest absolute Gasteiger partial charge is 0.456 e. The average Bonchev–Trinajstić information content (AvgIpc) is 4.05. The van der Waals surface area contributed by atoms with Crippen LogP contribution in [0.2, 0.25) is 0 Å². The molecule has 0 N–H and O–H groups in total. The lowest BCUT2D eigenvalue weighted by atomic mass is 9.70. The van der Waals surface area contributed by atoms with Crippen LogP contribution in [0.5, 0.6) is 0 Å². The number of hydrogen-bond donors (Lipinski definition) is 0. The van der Waals surface area contributed by atoms with Crippen LogP contribution in [0.4, 0.5) is 34.1 Å². The van der Waals surface area contributed by atoms with Gasteiger partial charge in [0, 0.05) is 70.7 Å². The molecular formula is C57H36N2OS. The van der Waals surface area contributed by atoms with E-state index in [1.165, 1.54) is 53.6 Å². The number of hydrogen-bond acceptors (Lipinski definition) is 4. The van der Waals surface area contributed by atoms with E-state index >= 15 is 0 Å². The number of para-hydroxylation sites is 4. The van der Waals surface area contributed by atoms with Crippen LogP contribution in [0.1, 0.15) is 22.3 Å². The van der Waals surface area contributed by atoms with Gasteiger partial charge in [0.1, 0.15) is 11.3 Å². The SMILES string of the molecule is c1ccc(N(c2ccccc2)c2ccc3c(c2)C2(c4ccccc4-c4c(N(c5ccccc5)c5ccc6sc7ccccc7c6c5)cccc42)c2c-3oc3ccccc23)cc1. The van der Waals surface area contributed by atoms with E-state index in [1.54, 1.807) is 0 Å². The second-order valence-electron chi connectivity index (χ2n) is 16.0. The highest BCUT2D eigenvalue weighted by Crippen LogP contribution is 2.67. The predicted molar refractivity (Wildman–Crippen MR) is 255 cm³/mol. The van der Waals surface area contributed by atoms with Crippen LogP contribution in [0.3, 0.4) is 0 Å². The van der Waals surface area contributed by atoms with Gasteiger partial charge >= 0.3 is 0 Å². The van der Waals surface area contributed by atoms with Gasteiger partial charge in [-0.2, -0.15) is 0 Å². The molecule has 0 fully saturated rings. The van der Waals surface area contributed by atoms with Crippen LogP contribution in [-0.4, -0.2) is 0 Å². The lowest BCUT2D eigenvalue weighted by Gasteiger charge is -2.32. The van der Waals surface area contributed by atoms with Crippen LogP contribution in [0.25, 0.3) is 53.6 Å². The Labute approximate surface area is 357 Å². The molecule has 0 radical (unpaired) electrons. The van der Waals surface area contributed by atoms with Gasteiger partial charge < -0.3 is 14.2 Å². The molecule has 9 aromatic carbocycles. The molecule has 4 heteroatoms. The zero-order valence-corrected chi connectivity index (χ0v) is 33.8. The van der Waals surface area contributed by atoms with Crippen molar-refractivity contribution in [3.05, 3.63) is 241 Å². The fraction of sp³-hybridized carbons (Fsp3) is 0.0175. The fourth-order valence-electron chi connectivity index (χ4n) is 10.4. The summed E-state index contributed by atoms with van der Waals surface area (Å²) >= 11 is 1.86. The first-order valence-electron chi connectivity index (χ1n) is 20.8. The van der Waals surface area contributed by atoms with E-state index in [9.17, 15) is 0 Å². The van der Waals surface area contributed by atoms with E-state index < -0.39 is 5.41 Å². The summed E-state index contributed by atoms with van der Waals surface area (Å²) in [7, 11) is 0. The Bertz CT molecular complexity index is 3460. The van der Waals surface area contributed by atoms with Gasteiger partial charge in [0.15, 0.2) is 0 Å². The maximum Gasteiger partial charge on any atom is 0.140 e. The molecule has 0 saturated carbocycles. The Morgan fingerprint density at radius 2 is 0.967 bits per heavy atom. The first kappa shape index (κ1) is 34.2. The topological polar surface area (TPSA) is 19.6 Å². The molecule has 2 aliphatic carbocycles. The molecule has 0 amide bonds. The zero-order chi connectivity index (χ0) is 40.1. The summed E-state index contributed by atoms with van der Waals surface area (Å²) in [5.74, 6) is 0.941. The Morgan fingerprint density at radius 1 is 0.377 bits per heavy atom. The third kappa shape index (κ3) is 4.85. The molecule has 61 heavy (non-hydrogen) atoms. The maximum atomic E-state index is 6.99. The third-order valence-electron chi connectivity index (χ3n) is 12.8. The standard InChI is InChI=1S/C57H36N2OS/c1-4-17-37(18-5-1)58(38-19-6-2-7-20-38)41-31-33-44-49(36-41)57(55-45-25-11-14-29-51(45)60-56(44)55)47-26-13-10-24-43(47)54-48(57)27-16-28-50(54)59(39-21-8-3-9-22-39)40-32-34-53-46(35-40)42-23-12-15-30-52(42)61-53/h1-36H. The Morgan fingerprint density at radius 3 is 1.74 bits per heavy atom. The molecule has 13 rings (SSSR count). The molecule has 11 aromatic rings. The van der Waals surface area contributed by atoms with Crippen LogP contribution in [-0.2, 0) is 5.41 Å². The van der Waals surface area contributed by atoms with Gasteiger partial charge in [0.25, 0.3) is 0 Å². The lowest BCUT2D eigenvalue weighted by molar-refractivity contribution is 0.628. The number of anilines is 6. The third-order valence-corrected chi connectivity index (χ3v) is 14.0. The molecule has 2 heterocycles. The van der Waals surface area contributed by atoms with Crippen molar-refractivity contribution in [3.8, 4) is 22.5 Å². The summed E-state index contributed by atoms with van der Waals surface area (Å²) < 4.78 is 9.58. The number of rotatable bonds is 6. The first-order valence-corrected chi connectivity index (χ1v) is 21.7. The van der Waals surface area contributed by atoms with Gasteiger partial charge in [-0.1, -0.05) is 127 Å². The Balaban J connectivity index is 1.11. The highest BCUT2D eigenvalue weighted by atomic mass is 32.1. The van der Waals surface area contributed by atoms with E-state index in [1.807, 2.05) is 11.3 Å². The molecular weight excluding hydrogens is 761 g/mol. The minimum atomic E-state index is -0.663. The van der Waals surface area contributed by atoms with Gasteiger partial charge in [0.05, 0.1) is 11.1 Å². The van der Waals surface area contributed by atoms with E-state index in [0.717, 1.165) is 56.4 Å². The predicted octanol–water partition coefficient (Wildman–Crippen LogP) is 16.1. The van der Waals surface area contributed by atoms with E-state index in [4.69, 9.17) is 4.42 Å². The smallest absolute Gasteiger partial charge is 0.140 e. The van der Waals surface area contributed by atoms with Crippen molar-refractivity contribution < 1.29 is 4.42 Å². The molecule has 0 aliphatic heterocycles. The summed E-state index contributed by atoms with van der Waals surface area (Å²) in [6.45, 7) is 0. The summed E-state index contributed by atoms with van der Waals surface area (Å²) in [6.07, 6.45) is 0. The van der Waals surface area contributed by atoms with Gasteiger partial charge in [-0.25, -0.2) is 0 Å². The van der Waals surface area contributed by atoms with Gasteiger partial charge in [-0.3, -0.25) is 0 Å². The van der Waals surface area contributed by atoms with Crippen LogP contribution in [0.15, 0.2) is 223 Å². The molecule has 286 valence electrons. The van der Waals surface area contributed by atoms with Gasteiger partial charge in [-0.05, 0) is 113 Å². The van der Waals surface area contributed by atoms with Crippen molar-refractivity contribution >= 4 is 76.6 Å². The second-order valence-corrected chi connectivity index (χ2v) is 17.1. The minimum absolute atomic E-state index is 0.663. The fourth-order valence-corrected chi connectivity index (χ4v) is 11.5. The van der Waals surface area contributed by atoms with E-state index in [2.05, 4.69) is 228 Å². The molecule has 2 aliphatic rings. The summed E-state index contributed by atoms with van der Waals surface area (Å²) in [5.41, 5.74) is 15.4.